The van der Waals surface area contributed by atoms with E-state index >= 15 is 0 Å². The molecular weight excluding hydrogens is 356 g/mol. The summed E-state index contributed by atoms with van der Waals surface area (Å²) in [5.74, 6) is -0.848. The number of rotatable bonds is 7. The second kappa shape index (κ2) is 9.48. The van der Waals surface area contributed by atoms with E-state index in [1.54, 1.807) is 66.7 Å². The first kappa shape index (κ1) is 19.3. The van der Waals surface area contributed by atoms with Crippen LogP contribution in [0.15, 0.2) is 78.9 Å². The number of hydrogen-bond donors (Lipinski definition) is 1. The Kier molecular flexibility index (Phi) is 6.54. The van der Waals surface area contributed by atoms with Crippen LogP contribution in [-0.2, 0) is 29.3 Å². The molecule has 0 aliphatic rings. The molecule has 3 aromatic carbocycles. The Morgan fingerprint density at radius 2 is 1.04 bits per heavy atom. The number of aliphatic hydroxyl groups excluding tert-OH is 1. The Morgan fingerprint density at radius 3 is 1.43 bits per heavy atom. The minimum atomic E-state index is -0.424. The number of hydrogen-bond acceptors (Lipinski definition) is 5. The molecule has 0 bridgehead atoms. The van der Waals surface area contributed by atoms with Crippen LogP contribution in [0.4, 0.5) is 0 Å². The van der Waals surface area contributed by atoms with Gasteiger partial charge in [0.25, 0.3) is 0 Å². The van der Waals surface area contributed by atoms with Crippen molar-refractivity contribution in [2.45, 2.75) is 19.8 Å². The van der Waals surface area contributed by atoms with Crippen molar-refractivity contribution in [3.8, 4) is 0 Å². The van der Waals surface area contributed by atoms with Gasteiger partial charge in [-0.3, -0.25) is 0 Å². The highest BCUT2D eigenvalue weighted by Crippen LogP contribution is 2.15. The second-order valence-electron chi connectivity index (χ2n) is 6.20. The van der Waals surface area contributed by atoms with Crippen LogP contribution in [-0.4, -0.2) is 17.0 Å². The molecule has 0 atom stereocenters. The molecule has 0 aliphatic heterocycles. The highest BCUT2D eigenvalue weighted by atomic mass is 16.5. The van der Waals surface area contributed by atoms with Crippen molar-refractivity contribution in [1.29, 1.82) is 0 Å². The first-order chi connectivity index (χ1) is 13.7. The minimum absolute atomic E-state index is 0.0567. The van der Waals surface area contributed by atoms with E-state index in [4.69, 9.17) is 9.47 Å². The van der Waals surface area contributed by atoms with E-state index in [-0.39, 0.29) is 19.8 Å². The summed E-state index contributed by atoms with van der Waals surface area (Å²) in [6.45, 7) is -0.0531. The molecule has 142 valence electrons. The Morgan fingerprint density at radius 1 is 0.643 bits per heavy atom. The fourth-order valence-corrected chi connectivity index (χ4v) is 2.71. The van der Waals surface area contributed by atoms with Gasteiger partial charge in [0, 0.05) is 0 Å². The minimum Gasteiger partial charge on any atom is -0.457 e. The monoisotopic (exact) mass is 376 g/mol. The highest BCUT2D eigenvalue weighted by molar-refractivity contribution is 5.89. The summed E-state index contributed by atoms with van der Waals surface area (Å²) in [5.41, 5.74) is 3.01. The lowest BCUT2D eigenvalue weighted by Gasteiger charge is -2.10. The van der Waals surface area contributed by atoms with Gasteiger partial charge in [-0.25, -0.2) is 9.59 Å². The van der Waals surface area contributed by atoms with Crippen LogP contribution in [0.25, 0.3) is 0 Å². The van der Waals surface area contributed by atoms with Crippen LogP contribution in [0.2, 0.25) is 0 Å². The van der Waals surface area contributed by atoms with E-state index in [1.165, 1.54) is 0 Å². The highest BCUT2D eigenvalue weighted by Gasteiger charge is 2.10. The van der Waals surface area contributed by atoms with E-state index in [0.29, 0.717) is 27.8 Å². The number of benzene rings is 3. The molecule has 28 heavy (non-hydrogen) atoms. The Labute approximate surface area is 163 Å². The van der Waals surface area contributed by atoms with E-state index in [2.05, 4.69) is 0 Å². The molecule has 0 radical (unpaired) electrons. The third kappa shape index (κ3) is 5.28. The topological polar surface area (TPSA) is 72.8 Å². The van der Waals surface area contributed by atoms with Crippen LogP contribution in [0.3, 0.4) is 0 Å². The predicted molar refractivity (Wildman–Crippen MR) is 103 cm³/mol. The maximum atomic E-state index is 12.1. The largest absolute Gasteiger partial charge is 0.457 e. The van der Waals surface area contributed by atoms with Crippen molar-refractivity contribution in [3.63, 3.8) is 0 Å². The summed E-state index contributed by atoms with van der Waals surface area (Å²) in [6, 6.07) is 22.7. The number of carbonyl (C=O) groups excluding carboxylic acids is 2. The van der Waals surface area contributed by atoms with Gasteiger partial charge in [0.05, 0.1) is 17.7 Å². The smallest absolute Gasteiger partial charge is 0.338 e. The van der Waals surface area contributed by atoms with Gasteiger partial charge in [-0.2, -0.15) is 0 Å². The summed E-state index contributed by atoms with van der Waals surface area (Å²) in [7, 11) is 0. The standard InChI is InChI=1S/C23H20O5/c24-14-17-11-18(15-27-22(25)20-7-3-1-4-8-20)13-19(12-17)16-28-23(26)21-9-5-2-6-10-21/h1-13,24H,14-16H2. The summed E-state index contributed by atoms with van der Waals surface area (Å²) < 4.78 is 10.7. The average molecular weight is 376 g/mol. The van der Waals surface area contributed by atoms with Crippen LogP contribution in [0.5, 0.6) is 0 Å². The SMILES string of the molecule is O=C(OCc1cc(CO)cc(COC(=O)c2ccccc2)c1)c1ccccc1. The molecule has 0 unspecified atom stereocenters. The van der Waals surface area contributed by atoms with Crippen molar-refractivity contribution in [3.05, 3.63) is 107 Å². The Bertz CT molecular complexity index is 862. The van der Waals surface area contributed by atoms with E-state index in [0.717, 1.165) is 0 Å². The zero-order chi connectivity index (χ0) is 19.8. The number of carbonyl (C=O) groups is 2. The van der Waals surface area contributed by atoms with Gasteiger partial charge < -0.3 is 14.6 Å². The fraction of sp³-hybridized carbons (Fsp3) is 0.130. The molecule has 0 amide bonds. The molecule has 0 heterocycles. The molecular formula is C23H20O5. The van der Waals surface area contributed by atoms with Crippen molar-refractivity contribution in [1.82, 2.24) is 0 Å². The number of ether oxygens (including phenoxy) is 2. The molecule has 5 nitrogen and oxygen atoms in total. The molecule has 0 spiro atoms. The lowest BCUT2D eigenvalue weighted by molar-refractivity contribution is 0.0471. The van der Waals surface area contributed by atoms with Crippen LogP contribution >= 0.6 is 0 Å². The fourth-order valence-electron chi connectivity index (χ4n) is 2.71. The maximum Gasteiger partial charge on any atom is 0.338 e. The molecule has 5 heteroatoms. The molecule has 0 saturated carbocycles. The summed E-state index contributed by atoms with van der Waals surface area (Å²) in [4.78, 5) is 24.2. The summed E-state index contributed by atoms with van der Waals surface area (Å²) in [5, 5.41) is 9.48. The number of esters is 2. The second-order valence-corrected chi connectivity index (χ2v) is 6.20. The summed E-state index contributed by atoms with van der Waals surface area (Å²) >= 11 is 0. The quantitative estimate of drug-likeness (QED) is 0.633. The maximum absolute atomic E-state index is 12.1. The van der Waals surface area contributed by atoms with Gasteiger partial charge >= 0.3 is 11.9 Å². The zero-order valence-corrected chi connectivity index (χ0v) is 15.2. The van der Waals surface area contributed by atoms with Gasteiger partial charge in [-0.15, -0.1) is 0 Å². The normalized spacial score (nSPS) is 10.3. The van der Waals surface area contributed by atoms with Gasteiger partial charge in [0.1, 0.15) is 13.2 Å². The van der Waals surface area contributed by atoms with Crippen molar-refractivity contribution in [2.24, 2.45) is 0 Å². The lowest BCUT2D eigenvalue weighted by atomic mass is 10.1. The molecule has 1 N–H and O–H groups in total. The summed E-state index contributed by atoms with van der Waals surface area (Å²) in [6.07, 6.45) is 0. The van der Waals surface area contributed by atoms with Crippen molar-refractivity contribution >= 4 is 11.9 Å². The van der Waals surface area contributed by atoms with Crippen LogP contribution in [0.1, 0.15) is 37.4 Å². The Hall–Kier alpha value is -3.44. The molecule has 3 aromatic rings. The van der Waals surface area contributed by atoms with E-state index in [1.807, 2.05) is 12.1 Å². The molecule has 0 saturated heterocycles. The third-order valence-electron chi connectivity index (χ3n) is 4.05. The van der Waals surface area contributed by atoms with Gasteiger partial charge in [-0.05, 0) is 47.0 Å². The predicted octanol–water partition coefficient (Wildman–Crippen LogP) is 3.89. The molecule has 3 rings (SSSR count). The van der Waals surface area contributed by atoms with Crippen molar-refractivity contribution < 1.29 is 24.2 Å². The van der Waals surface area contributed by atoms with Gasteiger partial charge in [0.15, 0.2) is 0 Å². The molecule has 0 fully saturated rings. The van der Waals surface area contributed by atoms with Crippen molar-refractivity contribution in [2.75, 3.05) is 0 Å². The van der Waals surface area contributed by atoms with Gasteiger partial charge in [0.2, 0.25) is 0 Å². The lowest BCUT2D eigenvalue weighted by Crippen LogP contribution is -2.07. The van der Waals surface area contributed by atoms with Gasteiger partial charge in [-0.1, -0.05) is 48.5 Å². The van der Waals surface area contributed by atoms with E-state index < -0.39 is 11.9 Å². The molecule has 0 aromatic heterocycles. The van der Waals surface area contributed by atoms with Crippen LogP contribution in [0, 0.1) is 0 Å². The average Bonchev–Trinajstić information content (AvgIpc) is 2.76. The molecule has 0 aliphatic carbocycles. The van der Waals surface area contributed by atoms with Crippen LogP contribution < -0.4 is 0 Å². The zero-order valence-electron chi connectivity index (χ0n) is 15.2. The number of aliphatic hydroxyl groups is 1. The third-order valence-corrected chi connectivity index (χ3v) is 4.05. The Balaban J connectivity index is 1.64. The first-order valence-electron chi connectivity index (χ1n) is 8.82. The first-order valence-corrected chi connectivity index (χ1v) is 8.82. The van der Waals surface area contributed by atoms with E-state index in [9.17, 15) is 14.7 Å².